The average Bonchev–Trinajstić information content (AvgIpc) is 3.36. The molecule has 0 saturated carbocycles. The molecule has 1 aromatic heterocycles. The normalized spacial score (nSPS) is 18.4. The summed E-state index contributed by atoms with van der Waals surface area (Å²) in [6, 6.07) is 11.0. The highest BCUT2D eigenvalue weighted by Gasteiger charge is 2.25. The van der Waals surface area contributed by atoms with Gasteiger partial charge in [0, 0.05) is 11.3 Å². The number of thiophene rings is 1. The van der Waals surface area contributed by atoms with Crippen LogP contribution in [0.25, 0.3) is 0 Å². The summed E-state index contributed by atoms with van der Waals surface area (Å²) >= 11 is 1.19. The lowest BCUT2D eigenvalue weighted by Crippen LogP contribution is -2.30. The number of carboxylic acid groups (broad SMARTS) is 1. The molecule has 1 aromatic carbocycles. The summed E-state index contributed by atoms with van der Waals surface area (Å²) in [5.74, 6) is -0.928. The number of carbonyl (C=O) groups is 2. The summed E-state index contributed by atoms with van der Waals surface area (Å²) < 4.78 is 6.15. The summed E-state index contributed by atoms with van der Waals surface area (Å²) in [6.07, 6.45) is 3.06. The SMILES string of the molecule is CCCCC(O)c1ccc([C@H](OCC2CCC(=O)N2)c2ccc(C(=O)O)s2)cc1. The van der Waals surface area contributed by atoms with Crippen LogP contribution in [0, 0.1) is 0 Å². The second-order valence-electron chi connectivity index (χ2n) is 7.35. The predicted octanol–water partition coefficient (Wildman–Crippen LogP) is 4.05. The molecule has 1 aliphatic heterocycles. The van der Waals surface area contributed by atoms with Gasteiger partial charge in [0.2, 0.25) is 5.91 Å². The van der Waals surface area contributed by atoms with Gasteiger partial charge in [0.15, 0.2) is 0 Å². The number of carbonyl (C=O) groups excluding carboxylic acids is 1. The topological polar surface area (TPSA) is 95.9 Å². The molecular formula is C22H27NO5S. The van der Waals surface area contributed by atoms with Crippen molar-refractivity contribution >= 4 is 23.2 Å². The molecular weight excluding hydrogens is 390 g/mol. The molecule has 0 aliphatic carbocycles. The lowest BCUT2D eigenvalue weighted by atomic mass is 10.00. The summed E-state index contributed by atoms with van der Waals surface area (Å²) in [5.41, 5.74) is 1.75. The lowest BCUT2D eigenvalue weighted by molar-refractivity contribution is -0.119. The van der Waals surface area contributed by atoms with E-state index in [9.17, 15) is 19.8 Å². The molecule has 1 fully saturated rings. The number of aliphatic hydroxyl groups excluding tert-OH is 1. The fourth-order valence-corrected chi connectivity index (χ4v) is 4.35. The van der Waals surface area contributed by atoms with Crippen molar-refractivity contribution in [2.45, 2.75) is 57.3 Å². The van der Waals surface area contributed by atoms with Gasteiger partial charge in [-0.3, -0.25) is 4.79 Å². The molecule has 1 saturated heterocycles. The molecule has 3 N–H and O–H groups in total. The minimum atomic E-state index is -0.961. The third-order valence-electron chi connectivity index (χ3n) is 5.10. The molecule has 7 heteroatoms. The van der Waals surface area contributed by atoms with Gasteiger partial charge in [-0.25, -0.2) is 4.79 Å². The average molecular weight is 418 g/mol. The molecule has 3 rings (SSSR count). The Morgan fingerprint density at radius 1 is 1.24 bits per heavy atom. The van der Waals surface area contributed by atoms with Crippen LogP contribution in [0.4, 0.5) is 0 Å². The number of nitrogens with one attached hydrogen (secondary N) is 1. The first kappa shape index (κ1) is 21.5. The number of aliphatic hydroxyl groups is 1. The zero-order valence-corrected chi connectivity index (χ0v) is 17.3. The van der Waals surface area contributed by atoms with Crippen LogP contribution in [0.15, 0.2) is 36.4 Å². The van der Waals surface area contributed by atoms with Crippen molar-refractivity contribution in [1.29, 1.82) is 0 Å². The fraction of sp³-hybridized carbons (Fsp3) is 0.455. The summed E-state index contributed by atoms with van der Waals surface area (Å²) in [4.78, 5) is 23.8. The fourth-order valence-electron chi connectivity index (χ4n) is 3.42. The molecule has 0 spiro atoms. The van der Waals surface area contributed by atoms with Crippen LogP contribution in [0.5, 0.6) is 0 Å². The van der Waals surface area contributed by atoms with Gasteiger partial charge in [-0.15, -0.1) is 11.3 Å². The van der Waals surface area contributed by atoms with E-state index in [0.717, 1.165) is 41.7 Å². The Bertz CT molecular complexity index is 832. The molecule has 3 atom stereocenters. The number of ether oxygens (including phenoxy) is 1. The van der Waals surface area contributed by atoms with Gasteiger partial charge >= 0.3 is 5.97 Å². The lowest BCUT2D eigenvalue weighted by Gasteiger charge is -2.20. The van der Waals surface area contributed by atoms with E-state index in [0.29, 0.717) is 13.0 Å². The zero-order valence-electron chi connectivity index (χ0n) is 16.5. The number of amides is 1. The van der Waals surface area contributed by atoms with E-state index in [4.69, 9.17) is 4.74 Å². The second-order valence-corrected chi connectivity index (χ2v) is 8.46. The van der Waals surface area contributed by atoms with Gasteiger partial charge in [0.1, 0.15) is 11.0 Å². The molecule has 1 amide bonds. The smallest absolute Gasteiger partial charge is 0.345 e. The number of rotatable bonds is 10. The maximum absolute atomic E-state index is 11.4. The van der Waals surface area contributed by atoms with E-state index in [-0.39, 0.29) is 16.8 Å². The van der Waals surface area contributed by atoms with Crippen molar-refractivity contribution in [2.24, 2.45) is 0 Å². The molecule has 0 bridgehead atoms. The van der Waals surface area contributed by atoms with Gasteiger partial charge in [-0.2, -0.15) is 0 Å². The minimum absolute atomic E-state index is 0.0287. The Morgan fingerprint density at radius 2 is 1.97 bits per heavy atom. The van der Waals surface area contributed by atoms with Crippen molar-refractivity contribution in [2.75, 3.05) is 6.61 Å². The minimum Gasteiger partial charge on any atom is -0.477 e. The van der Waals surface area contributed by atoms with Gasteiger partial charge in [-0.05, 0) is 36.1 Å². The first-order valence-electron chi connectivity index (χ1n) is 9.99. The number of hydrogen-bond donors (Lipinski definition) is 3. The number of benzene rings is 1. The quantitative estimate of drug-likeness (QED) is 0.542. The predicted molar refractivity (Wildman–Crippen MR) is 111 cm³/mol. The van der Waals surface area contributed by atoms with Crippen LogP contribution < -0.4 is 5.32 Å². The van der Waals surface area contributed by atoms with Crippen LogP contribution in [0.1, 0.15) is 76.9 Å². The third-order valence-corrected chi connectivity index (χ3v) is 6.22. The molecule has 0 radical (unpaired) electrons. The number of unbranched alkanes of at least 4 members (excludes halogenated alkanes) is 1. The van der Waals surface area contributed by atoms with Gasteiger partial charge in [0.05, 0.1) is 18.8 Å². The molecule has 6 nitrogen and oxygen atoms in total. The Morgan fingerprint density at radius 3 is 2.55 bits per heavy atom. The van der Waals surface area contributed by atoms with Crippen LogP contribution in [-0.4, -0.2) is 34.7 Å². The number of hydrogen-bond acceptors (Lipinski definition) is 5. The van der Waals surface area contributed by atoms with Crippen molar-refractivity contribution in [1.82, 2.24) is 5.32 Å². The van der Waals surface area contributed by atoms with Crippen molar-refractivity contribution in [3.8, 4) is 0 Å². The molecule has 2 heterocycles. The first-order valence-corrected chi connectivity index (χ1v) is 10.8. The molecule has 29 heavy (non-hydrogen) atoms. The second kappa shape index (κ2) is 10.0. The van der Waals surface area contributed by atoms with E-state index in [1.54, 1.807) is 12.1 Å². The van der Waals surface area contributed by atoms with Crippen molar-refractivity contribution in [3.63, 3.8) is 0 Å². The van der Waals surface area contributed by atoms with E-state index in [1.165, 1.54) is 11.3 Å². The molecule has 2 unspecified atom stereocenters. The largest absolute Gasteiger partial charge is 0.477 e. The molecule has 2 aromatic rings. The van der Waals surface area contributed by atoms with Gasteiger partial charge < -0.3 is 20.3 Å². The summed E-state index contributed by atoms with van der Waals surface area (Å²) in [5, 5.41) is 22.4. The highest BCUT2D eigenvalue weighted by molar-refractivity contribution is 7.14. The molecule has 1 aliphatic rings. The van der Waals surface area contributed by atoms with Crippen molar-refractivity contribution in [3.05, 3.63) is 57.3 Å². The van der Waals surface area contributed by atoms with E-state index >= 15 is 0 Å². The van der Waals surface area contributed by atoms with Crippen LogP contribution in [0.2, 0.25) is 0 Å². The first-order chi connectivity index (χ1) is 14.0. The Labute approximate surface area is 174 Å². The standard InChI is InChI=1S/C22H27NO5S/c1-2-3-4-17(24)14-5-7-15(8-6-14)21(18-10-11-19(29-18)22(26)27)28-13-16-9-12-20(25)23-16/h5-8,10-11,16-17,21,24H,2-4,9,12-13H2,1H3,(H,23,25)(H,26,27)/t16?,17?,21-/m0/s1. The maximum atomic E-state index is 11.4. The maximum Gasteiger partial charge on any atom is 0.345 e. The van der Waals surface area contributed by atoms with Crippen LogP contribution in [-0.2, 0) is 9.53 Å². The monoisotopic (exact) mass is 417 g/mol. The summed E-state index contributed by atoms with van der Waals surface area (Å²) in [6.45, 7) is 2.45. The Kier molecular flexibility index (Phi) is 7.41. The van der Waals surface area contributed by atoms with Crippen molar-refractivity contribution < 1.29 is 24.5 Å². The zero-order chi connectivity index (χ0) is 20.8. The van der Waals surface area contributed by atoms with E-state index in [1.807, 2.05) is 24.3 Å². The highest BCUT2D eigenvalue weighted by Crippen LogP contribution is 2.33. The van der Waals surface area contributed by atoms with Crippen LogP contribution in [0.3, 0.4) is 0 Å². The van der Waals surface area contributed by atoms with Gasteiger partial charge in [0.25, 0.3) is 0 Å². The van der Waals surface area contributed by atoms with E-state index in [2.05, 4.69) is 12.2 Å². The van der Waals surface area contributed by atoms with Crippen LogP contribution >= 0.6 is 11.3 Å². The Balaban J connectivity index is 1.77. The number of carboxylic acids is 1. The molecule has 156 valence electrons. The third kappa shape index (κ3) is 5.65. The highest BCUT2D eigenvalue weighted by atomic mass is 32.1. The Hall–Kier alpha value is -2.22. The number of aromatic carboxylic acids is 1. The van der Waals surface area contributed by atoms with Gasteiger partial charge in [-0.1, -0.05) is 44.0 Å². The van der Waals surface area contributed by atoms with E-state index < -0.39 is 18.2 Å². The summed E-state index contributed by atoms with van der Waals surface area (Å²) in [7, 11) is 0.